The van der Waals surface area contributed by atoms with Gasteiger partial charge >= 0.3 is 0 Å². The van der Waals surface area contributed by atoms with Crippen LogP contribution in [0.5, 0.6) is 11.5 Å². The Kier molecular flexibility index (Phi) is 5.48. The highest BCUT2D eigenvalue weighted by molar-refractivity contribution is 7.80. The van der Waals surface area contributed by atoms with Crippen molar-refractivity contribution in [1.29, 1.82) is 0 Å². The lowest BCUT2D eigenvalue weighted by Crippen LogP contribution is -2.21. The number of nitrogens with zero attached hydrogens (tertiary/aromatic N) is 1. The zero-order valence-electron chi connectivity index (χ0n) is 12.7. The zero-order valence-corrected chi connectivity index (χ0v) is 13.6. The Bertz CT molecular complexity index is 694. The molecule has 0 aliphatic heterocycles. The van der Waals surface area contributed by atoms with E-state index in [-0.39, 0.29) is 5.69 Å². The first-order valence-corrected chi connectivity index (χ1v) is 7.19. The maximum atomic E-state index is 10.6. The number of nitro benzene ring substituents is 1. The minimum absolute atomic E-state index is 0.0362. The third kappa shape index (κ3) is 4.40. The third-order valence-corrected chi connectivity index (χ3v) is 3.58. The van der Waals surface area contributed by atoms with Gasteiger partial charge in [0.25, 0.3) is 5.69 Å². The van der Waals surface area contributed by atoms with E-state index in [0.717, 1.165) is 11.1 Å². The van der Waals surface area contributed by atoms with Crippen LogP contribution in [0.4, 0.5) is 5.69 Å². The van der Waals surface area contributed by atoms with Gasteiger partial charge < -0.3 is 14.8 Å². The van der Waals surface area contributed by atoms with E-state index in [9.17, 15) is 10.1 Å². The summed E-state index contributed by atoms with van der Waals surface area (Å²) in [6.45, 7) is 0.489. The molecule has 0 amide bonds. The van der Waals surface area contributed by atoms with Crippen molar-refractivity contribution in [3.05, 3.63) is 63.7 Å². The van der Waals surface area contributed by atoms with E-state index >= 15 is 0 Å². The molecule has 0 atom stereocenters. The molecule has 23 heavy (non-hydrogen) atoms. The first-order chi connectivity index (χ1) is 11.0. The lowest BCUT2D eigenvalue weighted by Gasteiger charge is -2.11. The summed E-state index contributed by atoms with van der Waals surface area (Å²) in [5.41, 5.74) is 1.71. The number of nitro groups is 1. The Morgan fingerprint density at radius 2 is 1.70 bits per heavy atom. The Labute approximate surface area is 139 Å². The van der Waals surface area contributed by atoms with E-state index < -0.39 is 4.92 Å². The summed E-state index contributed by atoms with van der Waals surface area (Å²) in [5.74, 6) is 1.39. The lowest BCUT2D eigenvalue weighted by molar-refractivity contribution is -0.384. The van der Waals surface area contributed by atoms with E-state index in [1.807, 2.05) is 12.1 Å². The maximum absolute atomic E-state index is 10.6. The van der Waals surface area contributed by atoms with Crippen LogP contribution in [0.3, 0.4) is 0 Å². The molecular weight excluding hydrogens is 316 g/mol. The van der Waals surface area contributed by atoms with Crippen molar-refractivity contribution in [2.75, 3.05) is 14.2 Å². The highest BCUT2D eigenvalue weighted by atomic mass is 32.1. The number of non-ortho nitro benzene ring substituents is 1. The van der Waals surface area contributed by atoms with Gasteiger partial charge in [0.05, 0.1) is 19.1 Å². The van der Waals surface area contributed by atoms with E-state index in [4.69, 9.17) is 21.7 Å². The number of hydrogen-bond donors (Lipinski definition) is 1. The molecule has 0 aliphatic carbocycles. The van der Waals surface area contributed by atoms with Gasteiger partial charge in [-0.3, -0.25) is 10.1 Å². The van der Waals surface area contributed by atoms with Crippen LogP contribution in [0.15, 0.2) is 42.5 Å². The first-order valence-electron chi connectivity index (χ1n) is 6.78. The zero-order chi connectivity index (χ0) is 16.8. The van der Waals surface area contributed by atoms with Crippen molar-refractivity contribution in [2.45, 2.75) is 6.54 Å². The highest BCUT2D eigenvalue weighted by Gasteiger charge is 2.07. The van der Waals surface area contributed by atoms with Gasteiger partial charge in [-0.25, -0.2) is 0 Å². The molecular formula is C16H16N2O4S. The summed E-state index contributed by atoms with van der Waals surface area (Å²) < 4.78 is 10.4. The third-order valence-electron chi connectivity index (χ3n) is 3.20. The second kappa shape index (κ2) is 7.55. The Hall–Kier alpha value is -2.67. The summed E-state index contributed by atoms with van der Waals surface area (Å²) in [4.78, 5) is 10.7. The minimum Gasteiger partial charge on any atom is -0.497 e. The fraction of sp³-hybridized carbons (Fsp3) is 0.188. The van der Waals surface area contributed by atoms with Gasteiger partial charge in [0.1, 0.15) is 16.5 Å². The number of hydrogen-bond acceptors (Lipinski definition) is 5. The monoisotopic (exact) mass is 332 g/mol. The largest absolute Gasteiger partial charge is 0.497 e. The SMILES string of the molecule is COc1cc(CNC(=S)c2ccc([N+](=O)[O-])cc2)cc(OC)c1. The van der Waals surface area contributed by atoms with Crippen LogP contribution in [0.1, 0.15) is 11.1 Å². The smallest absolute Gasteiger partial charge is 0.269 e. The highest BCUT2D eigenvalue weighted by Crippen LogP contribution is 2.22. The van der Waals surface area contributed by atoms with Gasteiger partial charge in [-0.1, -0.05) is 12.2 Å². The first kappa shape index (κ1) is 16.7. The van der Waals surface area contributed by atoms with Crippen LogP contribution in [-0.4, -0.2) is 24.1 Å². The number of benzene rings is 2. The van der Waals surface area contributed by atoms with Crippen molar-refractivity contribution >= 4 is 22.9 Å². The molecule has 0 aliphatic rings. The van der Waals surface area contributed by atoms with E-state index in [1.54, 1.807) is 32.4 Å². The summed E-state index contributed by atoms with van der Waals surface area (Å²) in [6.07, 6.45) is 0. The average molecular weight is 332 g/mol. The topological polar surface area (TPSA) is 73.6 Å². The normalized spacial score (nSPS) is 10.0. The fourth-order valence-corrected chi connectivity index (χ4v) is 2.20. The number of nitrogens with one attached hydrogen (secondary N) is 1. The van der Waals surface area contributed by atoms with Gasteiger partial charge in [0, 0.05) is 30.3 Å². The Morgan fingerprint density at radius 1 is 1.13 bits per heavy atom. The number of methoxy groups -OCH3 is 2. The van der Waals surface area contributed by atoms with Gasteiger partial charge in [-0.15, -0.1) is 0 Å². The summed E-state index contributed by atoms with van der Waals surface area (Å²) in [6, 6.07) is 11.7. The molecule has 0 spiro atoms. The second-order valence-electron chi connectivity index (χ2n) is 4.71. The van der Waals surface area contributed by atoms with Crippen LogP contribution in [-0.2, 0) is 6.54 Å². The molecule has 0 radical (unpaired) electrons. The van der Waals surface area contributed by atoms with Crippen LogP contribution in [0.25, 0.3) is 0 Å². The summed E-state index contributed by atoms with van der Waals surface area (Å²) >= 11 is 5.31. The molecule has 0 saturated heterocycles. The predicted octanol–water partition coefficient (Wildman–Crippen LogP) is 3.08. The van der Waals surface area contributed by atoms with E-state index in [0.29, 0.717) is 23.0 Å². The van der Waals surface area contributed by atoms with Gasteiger partial charge in [-0.2, -0.15) is 0 Å². The second-order valence-corrected chi connectivity index (χ2v) is 5.12. The maximum Gasteiger partial charge on any atom is 0.269 e. The molecule has 1 N–H and O–H groups in total. The quantitative estimate of drug-likeness (QED) is 0.498. The molecule has 0 unspecified atom stereocenters. The van der Waals surface area contributed by atoms with Gasteiger partial charge in [0.2, 0.25) is 0 Å². The van der Waals surface area contributed by atoms with Crippen molar-refractivity contribution in [3.8, 4) is 11.5 Å². The van der Waals surface area contributed by atoms with Gasteiger partial charge in [-0.05, 0) is 29.8 Å². The van der Waals surface area contributed by atoms with Crippen molar-refractivity contribution in [1.82, 2.24) is 5.32 Å². The van der Waals surface area contributed by atoms with Crippen LogP contribution >= 0.6 is 12.2 Å². The van der Waals surface area contributed by atoms with Crippen molar-refractivity contribution < 1.29 is 14.4 Å². The lowest BCUT2D eigenvalue weighted by atomic mass is 10.1. The number of ether oxygens (including phenoxy) is 2. The summed E-state index contributed by atoms with van der Waals surface area (Å²) in [5, 5.41) is 13.8. The van der Waals surface area contributed by atoms with Crippen LogP contribution in [0.2, 0.25) is 0 Å². The molecule has 2 aromatic rings. The number of thiocarbonyl (C=S) groups is 1. The van der Waals surface area contributed by atoms with Crippen LogP contribution in [0, 0.1) is 10.1 Å². The Morgan fingerprint density at radius 3 is 2.17 bits per heavy atom. The molecule has 6 nitrogen and oxygen atoms in total. The minimum atomic E-state index is -0.442. The molecule has 2 aromatic carbocycles. The fourth-order valence-electron chi connectivity index (χ4n) is 1.99. The molecule has 2 rings (SSSR count). The van der Waals surface area contributed by atoms with E-state index in [1.165, 1.54) is 12.1 Å². The molecule has 0 bridgehead atoms. The summed E-state index contributed by atoms with van der Waals surface area (Å²) in [7, 11) is 3.18. The standard InChI is InChI=1S/C16H16N2O4S/c1-21-14-7-11(8-15(9-14)22-2)10-17-16(23)12-3-5-13(6-4-12)18(19)20/h3-9H,10H2,1-2H3,(H,17,23). The molecule has 120 valence electrons. The van der Waals surface area contributed by atoms with E-state index in [2.05, 4.69) is 5.32 Å². The molecule has 0 aromatic heterocycles. The molecule has 7 heteroatoms. The van der Waals surface area contributed by atoms with Gasteiger partial charge in [0.15, 0.2) is 0 Å². The van der Waals surface area contributed by atoms with Crippen molar-refractivity contribution in [3.63, 3.8) is 0 Å². The van der Waals surface area contributed by atoms with Crippen molar-refractivity contribution in [2.24, 2.45) is 0 Å². The van der Waals surface area contributed by atoms with Crippen LogP contribution < -0.4 is 14.8 Å². The average Bonchev–Trinajstić information content (AvgIpc) is 2.59. The number of rotatable bonds is 6. The molecule has 0 saturated carbocycles. The molecule has 0 fully saturated rings. The predicted molar refractivity (Wildman–Crippen MR) is 91.2 cm³/mol. The Balaban J connectivity index is 2.05. The molecule has 0 heterocycles.